The Kier molecular flexibility index (Phi) is 3.78. The molecule has 1 aromatic heterocycles. The molecule has 0 saturated carbocycles. The molecule has 0 aliphatic heterocycles. The van der Waals surface area contributed by atoms with E-state index in [1.54, 1.807) is 6.07 Å². The maximum absolute atomic E-state index is 12.1. The average molecular weight is 295 g/mol. The Labute approximate surface area is 127 Å². The van der Waals surface area contributed by atoms with Gasteiger partial charge >= 0.3 is 5.69 Å². The number of H-pyrrole nitrogens is 2. The van der Waals surface area contributed by atoms with E-state index in [1.165, 1.54) is 5.56 Å². The van der Waals surface area contributed by atoms with E-state index in [0.717, 1.165) is 23.2 Å². The van der Waals surface area contributed by atoms with E-state index in [1.807, 2.05) is 36.4 Å². The zero-order valence-corrected chi connectivity index (χ0v) is 12.3. The zero-order chi connectivity index (χ0) is 15.5. The highest BCUT2D eigenvalue weighted by Crippen LogP contribution is 2.13. The lowest BCUT2D eigenvalue weighted by Gasteiger charge is -2.06. The first kappa shape index (κ1) is 14.1. The second kappa shape index (κ2) is 5.89. The first-order valence-electron chi connectivity index (χ1n) is 7.24. The fraction of sp³-hybridized carbons (Fsp3) is 0.176. The number of fused-ring (bicyclic) bond motifs is 1. The van der Waals surface area contributed by atoms with Crippen molar-refractivity contribution in [3.8, 4) is 0 Å². The third-order valence-electron chi connectivity index (χ3n) is 3.59. The summed E-state index contributed by atoms with van der Waals surface area (Å²) in [7, 11) is 0. The molecule has 0 aliphatic rings. The third kappa shape index (κ3) is 3.09. The molecule has 0 fully saturated rings. The summed E-state index contributed by atoms with van der Waals surface area (Å²) in [6.07, 6.45) is 1.24. The Balaban J connectivity index is 1.70. The van der Waals surface area contributed by atoms with E-state index in [9.17, 15) is 9.59 Å². The van der Waals surface area contributed by atoms with Gasteiger partial charge in [-0.1, -0.05) is 25.1 Å². The van der Waals surface area contributed by atoms with Gasteiger partial charge in [0, 0.05) is 5.69 Å². The molecule has 0 bridgehead atoms. The Bertz CT molecular complexity index is 859. The molecule has 3 N–H and O–H groups in total. The van der Waals surface area contributed by atoms with Gasteiger partial charge in [-0.3, -0.25) is 4.79 Å². The van der Waals surface area contributed by atoms with Crippen LogP contribution in [0.25, 0.3) is 11.0 Å². The largest absolute Gasteiger partial charge is 0.326 e. The lowest BCUT2D eigenvalue weighted by Crippen LogP contribution is -2.14. The Morgan fingerprint density at radius 1 is 1.00 bits per heavy atom. The fourth-order valence-electron chi connectivity index (χ4n) is 2.40. The van der Waals surface area contributed by atoms with E-state index in [2.05, 4.69) is 22.2 Å². The molecule has 5 nitrogen and oxygen atoms in total. The molecule has 0 spiro atoms. The maximum atomic E-state index is 12.1. The molecule has 112 valence electrons. The van der Waals surface area contributed by atoms with Crippen molar-refractivity contribution in [2.75, 3.05) is 5.32 Å². The van der Waals surface area contributed by atoms with Gasteiger partial charge in [0.25, 0.3) is 0 Å². The first-order chi connectivity index (χ1) is 10.6. The number of carbonyl (C=O) groups is 1. The zero-order valence-electron chi connectivity index (χ0n) is 12.3. The lowest BCUT2D eigenvalue weighted by atomic mass is 10.1. The van der Waals surface area contributed by atoms with Gasteiger partial charge in [-0.15, -0.1) is 0 Å². The number of aromatic amines is 2. The highest BCUT2D eigenvalue weighted by Gasteiger charge is 2.06. The summed E-state index contributed by atoms with van der Waals surface area (Å²) < 4.78 is 0. The molecule has 3 rings (SSSR count). The van der Waals surface area contributed by atoms with Crippen molar-refractivity contribution in [3.63, 3.8) is 0 Å². The van der Waals surface area contributed by atoms with Gasteiger partial charge in [-0.2, -0.15) is 0 Å². The highest BCUT2D eigenvalue weighted by molar-refractivity contribution is 5.92. The van der Waals surface area contributed by atoms with Gasteiger partial charge in [0.15, 0.2) is 0 Å². The highest BCUT2D eigenvalue weighted by atomic mass is 16.1. The number of hydrogen-bond acceptors (Lipinski definition) is 2. The summed E-state index contributed by atoms with van der Waals surface area (Å²) in [5, 5.41) is 2.88. The molecule has 0 atom stereocenters. The predicted molar refractivity (Wildman–Crippen MR) is 87.1 cm³/mol. The van der Waals surface area contributed by atoms with Gasteiger partial charge in [0.1, 0.15) is 0 Å². The van der Waals surface area contributed by atoms with Crippen molar-refractivity contribution in [1.29, 1.82) is 0 Å². The Morgan fingerprint density at radius 2 is 1.68 bits per heavy atom. The van der Waals surface area contributed by atoms with Crippen LogP contribution >= 0.6 is 0 Å². The number of rotatable bonds is 4. The molecule has 5 heteroatoms. The lowest BCUT2D eigenvalue weighted by molar-refractivity contribution is -0.115. The average Bonchev–Trinajstić information content (AvgIpc) is 2.87. The number of benzene rings is 2. The number of aryl methyl sites for hydroxylation is 1. The Hall–Kier alpha value is -2.82. The molecule has 0 saturated heterocycles. The van der Waals surface area contributed by atoms with Gasteiger partial charge in [0.2, 0.25) is 5.91 Å². The van der Waals surface area contributed by atoms with E-state index in [4.69, 9.17) is 0 Å². The number of amides is 1. The van der Waals surface area contributed by atoms with Crippen molar-refractivity contribution in [2.45, 2.75) is 19.8 Å². The number of hydrogen-bond donors (Lipinski definition) is 3. The summed E-state index contributed by atoms with van der Waals surface area (Å²) >= 11 is 0. The molecule has 2 aromatic carbocycles. The van der Waals surface area contributed by atoms with E-state index in [-0.39, 0.29) is 18.0 Å². The van der Waals surface area contributed by atoms with E-state index < -0.39 is 0 Å². The number of aromatic nitrogens is 2. The third-order valence-corrected chi connectivity index (χ3v) is 3.59. The van der Waals surface area contributed by atoms with Gasteiger partial charge in [0.05, 0.1) is 17.5 Å². The minimum absolute atomic E-state index is 0.0820. The number of nitrogens with one attached hydrogen (secondary N) is 3. The van der Waals surface area contributed by atoms with Gasteiger partial charge in [-0.25, -0.2) is 4.79 Å². The molecule has 1 heterocycles. The number of carbonyl (C=O) groups excluding carboxylic acids is 1. The van der Waals surface area contributed by atoms with Crippen molar-refractivity contribution in [3.05, 3.63) is 64.1 Å². The van der Waals surface area contributed by atoms with Crippen LogP contribution in [-0.4, -0.2) is 15.9 Å². The van der Waals surface area contributed by atoms with Gasteiger partial charge < -0.3 is 15.3 Å². The number of imidazole rings is 1. The van der Waals surface area contributed by atoms with Crippen LogP contribution in [-0.2, 0) is 17.6 Å². The van der Waals surface area contributed by atoms with Crippen LogP contribution < -0.4 is 11.0 Å². The molecule has 3 aromatic rings. The van der Waals surface area contributed by atoms with Crippen molar-refractivity contribution >= 4 is 22.6 Å². The van der Waals surface area contributed by atoms with Crippen molar-refractivity contribution < 1.29 is 4.79 Å². The molecule has 1 amide bonds. The first-order valence-corrected chi connectivity index (χ1v) is 7.24. The van der Waals surface area contributed by atoms with Crippen molar-refractivity contribution in [1.82, 2.24) is 9.97 Å². The number of anilines is 1. The van der Waals surface area contributed by atoms with Crippen LogP contribution in [0.3, 0.4) is 0 Å². The maximum Gasteiger partial charge on any atom is 0.323 e. The van der Waals surface area contributed by atoms with Crippen LogP contribution in [0.2, 0.25) is 0 Å². The minimum atomic E-state index is -0.243. The second-order valence-corrected chi connectivity index (χ2v) is 5.23. The Morgan fingerprint density at radius 3 is 2.41 bits per heavy atom. The van der Waals surface area contributed by atoms with E-state index in [0.29, 0.717) is 5.52 Å². The fourth-order valence-corrected chi connectivity index (χ4v) is 2.40. The summed E-state index contributed by atoms with van der Waals surface area (Å²) in [5.41, 5.74) is 4.09. The topological polar surface area (TPSA) is 77.8 Å². The van der Waals surface area contributed by atoms with Gasteiger partial charge in [-0.05, 0) is 41.8 Å². The summed E-state index contributed by atoms with van der Waals surface area (Å²) in [6.45, 7) is 2.09. The van der Waals surface area contributed by atoms with Crippen LogP contribution in [0.5, 0.6) is 0 Å². The van der Waals surface area contributed by atoms with Crippen LogP contribution in [0.15, 0.2) is 47.3 Å². The molecule has 0 radical (unpaired) electrons. The second-order valence-electron chi connectivity index (χ2n) is 5.23. The normalized spacial score (nSPS) is 10.8. The molecule has 0 aliphatic carbocycles. The monoisotopic (exact) mass is 295 g/mol. The summed E-state index contributed by atoms with van der Waals surface area (Å²) in [5.74, 6) is -0.0820. The minimum Gasteiger partial charge on any atom is -0.326 e. The molecule has 22 heavy (non-hydrogen) atoms. The molecular formula is C17H17N3O2. The molecular weight excluding hydrogens is 278 g/mol. The standard InChI is InChI=1S/C17H17N3O2/c1-2-11-3-6-13(7-4-11)18-16(21)10-12-5-8-14-15(9-12)20-17(22)19-14/h3-9H,2,10H2,1H3,(H,18,21)(H2,19,20,22). The quantitative estimate of drug-likeness (QED) is 0.692. The molecule has 0 unspecified atom stereocenters. The summed E-state index contributed by atoms with van der Waals surface area (Å²) in [4.78, 5) is 28.7. The SMILES string of the molecule is CCc1ccc(NC(=O)Cc2ccc3[nH]c(=O)[nH]c3c2)cc1. The van der Waals surface area contributed by atoms with Crippen LogP contribution in [0.4, 0.5) is 5.69 Å². The smallest absolute Gasteiger partial charge is 0.323 e. The van der Waals surface area contributed by atoms with E-state index >= 15 is 0 Å². The van der Waals surface area contributed by atoms with Crippen molar-refractivity contribution in [2.24, 2.45) is 0 Å². The van der Waals surface area contributed by atoms with Crippen LogP contribution in [0.1, 0.15) is 18.1 Å². The summed E-state index contributed by atoms with van der Waals surface area (Å²) in [6, 6.07) is 13.3. The van der Waals surface area contributed by atoms with Crippen LogP contribution in [0, 0.1) is 0 Å². The predicted octanol–water partition coefficient (Wildman–Crippen LogP) is 2.60.